The second kappa shape index (κ2) is 5.96. The first-order chi connectivity index (χ1) is 9.58. The molecule has 0 aliphatic heterocycles. The quantitative estimate of drug-likeness (QED) is 0.570. The van der Waals surface area contributed by atoms with E-state index in [1.807, 2.05) is 6.07 Å². The Bertz CT molecular complexity index is 505. The summed E-state index contributed by atoms with van der Waals surface area (Å²) < 4.78 is 19.4. The van der Waals surface area contributed by atoms with Gasteiger partial charge in [-0.15, -0.1) is 0 Å². The van der Waals surface area contributed by atoms with E-state index in [0.717, 1.165) is 29.7 Å². The number of rotatable bonds is 4. The summed E-state index contributed by atoms with van der Waals surface area (Å²) in [5, 5.41) is 0. The van der Waals surface area contributed by atoms with Gasteiger partial charge in [-0.3, -0.25) is 0 Å². The van der Waals surface area contributed by atoms with Crippen molar-refractivity contribution in [1.29, 1.82) is 0 Å². The highest BCUT2D eigenvalue weighted by Crippen LogP contribution is 2.52. The summed E-state index contributed by atoms with van der Waals surface area (Å²) >= 11 is 7.07. The lowest BCUT2D eigenvalue weighted by atomic mass is 9.84. The van der Waals surface area contributed by atoms with Crippen LogP contribution < -0.4 is 4.74 Å². The smallest absolute Gasteiger partial charge is 0.141 e. The lowest BCUT2D eigenvalue weighted by Gasteiger charge is -2.25. The Balaban J connectivity index is 1.76. The van der Waals surface area contributed by atoms with Gasteiger partial charge in [-0.25, -0.2) is 4.39 Å². The van der Waals surface area contributed by atoms with Gasteiger partial charge in [0.25, 0.3) is 0 Å². The average molecular weight is 406 g/mol. The standard InChI is InChI=1S/C16H19Br2FO/c1-20-16-8-15(19)14(18)7-12(16)13(17)6-11-5-9-2-3-10(11)4-9/h7-11,13H,2-6H2,1H3. The van der Waals surface area contributed by atoms with Gasteiger partial charge in [0.15, 0.2) is 0 Å². The molecule has 0 amide bonds. The summed E-state index contributed by atoms with van der Waals surface area (Å²) in [4.78, 5) is 0.235. The van der Waals surface area contributed by atoms with Crippen LogP contribution in [0.5, 0.6) is 5.75 Å². The molecule has 2 saturated carbocycles. The molecule has 0 heterocycles. The number of methoxy groups -OCH3 is 1. The van der Waals surface area contributed by atoms with Crippen LogP contribution in [-0.4, -0.2) is 7.11 Å². The molecule has 2 aliphatic rings. The molecular formula is C16H19Br2FO. The van der Waals surface area contributed by atoms with E-state index in [0.29, 0.717) is 10.2 Å². The fourth-order valence-electron chi connectivity index (χ4n) is 4.02. The van der Waals surface area contributed by atoms with Crippen LogP contribution in [0.2, 0.25) is 0 Å². The Morgan fingerprint density at radius 3 is 2.75 bits per heavy atom. The number of fused-ring (bicyclic) bond motifs is 2. The van der Waals surface area contributed by atoms with Crippen molar-refractivity contribution in [3.8, 4) is 5.75 Å². The Hall–Kier alpha value is -0.0900. The number of hydrogen-bond acceptors (Lipinski definition) is 1. The maximum atomic E-state index is 13.6. The Morgan fingerprint density at radius 1 is 1.35 bits per heavy atom. The molecule has 1 nitrogen and oxygen atoms in total. The zero-order valence-corrected chi connectivity index (χ0v) is 14.7. The van der Waals surface area contributed by atoms with E-state index in [-0.39, 0.29) is 10.6 Å². The van der Waals surface area contributed by atoms with Crippen LogP contribution in [0.1, 0.15) is 42.5 Å². The van der Waals surface area contributed by atoms with Gasteiger partial charge >= 0.3 is 0 Å². The van der Waals surface area contributed by atoms with Gasteiger partial charge in [0, 0.05) is 16.5 Å². The van der Waals surface area contributed by atoms with Gasteiger partial charge in [0.2, 0.25) is 0 Å². The number of benzene rings is 1. The van der Waals surface area contributed by atoms with Crippen molar-refractivity contribution in [3.05, 3.63) is 28.0 Å². The normalized spacial score (nSPS) is 29.7. The molecule has 110 valence electrons. The van der Waals surface area contributed by atoms with Gasteiger partial charge in [-0.2, -0.15) is 0 Å². The second-order valence-electron chi connectivity index (χ2n) is 6.15. The maximum absolute atomic E-state index is 13.6. The van der Waals surface area contributed by atoms with E-state index in [1.165, 1.54) is 31.7 Å². The van der Waals surface area contributed by atoms with Crippen molar-refractivity contribution in [2.45, 2.75) is 36.9 Å². The van der Waals surface area contributed by atoms with E-state index in [4.69, 9.17) is 4.74 Å². The monoisotopic (exact) mass is 404 g/mol. The first-order valence-electron chi connectivity index (χ1n) is 7.25. The van der Waals surface area contributed by atoms with Gasteiger partial charge in [-0.1, -0.05) is 22.4 Å². The largest absolute Gasteiger partial charge is 0.496 e. The molecule has 2 aliphatic carbocycles. The molecule has 1 aromatic rings. The summed E-state index contributed by atoms with van der Waals surface area (Å²) in [5.74, 6) is 3.05. The number of hydrogen-bond donors (Lipinski definition) is 0. The summed E-state index contributed by atoms with van der Waals surface area (Å²) in [7, 11) is 1.60. The fraction of sp³-hybridized carbons (Fsp3) is 0.625. The van der Waals surface area contributed by atoms with Crippen molar-refractivity contribution >= 4 is 31.9 Å². The number of alkyl halides is 1. The van der Waals surface area contributed by atoms with Gasteiger partial charge in [0.05, 0.1) is 11.6 Å². The molecule has 0 saturated heterocycles. The third kappa shape index (κ3) is 2.78. The predicted octanol–water partition coefficient (Wildman–Crippen LogP) is 5.86. The first-order valence-corrected chi connectivity index (χ1v) is 8.96. The molecule has 0 spiro atoms. The highest BCUT2D eigenvalue weighted by molar-refractivity contribution is 9.10. The van der Waals surface area contributed by atoms with E-state index in [9.17, 15) is 4.39 Å². The van der Waals surface area contributed by atoms with Crippen LogP contribution >= 0.6 is 31.9 Å². The molecule has 4 unspecified atom stereocenters. The maximum Gasteiger partial charge on any atom is 0.141 e. The molecule has 0 aromatic heterocycles. The van der Waals surface area contributed by atoms with Crippen molar-refractivity contribution in [2.75, 3.05) is 7.11 Å². The molecule has 3 rings (SSSR count). The van der Waals surface area contributed by atoms with E-state index < -0.39 is 0 Å². The Morgan fingerprint density at radius 2 is 2.15 bits per heavy atom. The molecular weight excluding hydrogens is 387 g/mol. The summed E-state index contributed by atoms with van der Waals surface area (Å²) in [6.45, 7) is 0. The molecule has 2 bridgehead atoms. The van der Waals surface area contributed by atoms with Gasteiger partial charge in [-0.05, 0) is 65.4 Å². The summed E-state index contributed by atoms with van der Waals surface area (Å²) in [6, 6.07) is 3.31. The van der Waals surface area contributed by atoms with Crippen LogP contribution in [0.25, 0.3) is 0 Å². The second-order valence-corrected chi connectivity index (χ2v) is 8.11. The number of halogens is 3. The fourth-order valence-corrected chi connectivity index (χ4v) is 5.22. The van der Waals surface area contributed by atoms with E-state index in [2.05, 4.69) is 31.9 Å². The first kappa shape index (κ1) is 14.8. The highest BCUT2D eigenvalue weighted by Gasteiger charge is 2.40. The van der Waals surface area contributed by atoms with Crippen LogP contribution in [0.3, 0.4) is 0 Å². The van der Waals surface area contributed by atoms with Crippen molar-refractivity contribution in [2.24, 2.45) is 17.8 Å². The van der Waals surface area contributed by atoms with Crippen LogP contribution in [0, 0.1) is 23.6 Å². The zero-order chi connectivity index (χ0) is 14.3. The van der Waals surface area contributed by atoms with E-state index >= 15 is 0 Å². The minimum Gasteiger partial charge on any atom is -0.496 e. The van der Waals surface area contributed by atoms with Crippen molar-refractivity contribution in [1.82, 2.24) is 0 Å². The minimum atomic E-state index is -0.273. The molecule has 20 heavy (non-hydrogen) atoms. The van der Waals surface area contributed by atoms with Crippen LogP contribution in [0.4, 0.5) is 4.39 Å². The lowest BCUT2D eigenvalue weighted by molar-refractivity contribution is 0.312. The van der Waals surface area contributed by atoms with Crippen LogP contribution in [-0.2, 0) is 0 Å². The van der Waals surface area contributed by atoms with E-state index in [1.54, 1.807) is 7.11 Å². The Kier molecular flexibility index (Phi) is 4.42. The topological polar surface area (TPSA) is 9.23 Å². The lowest BCUT2D eigenvalue weighted by Crippen LogP contribution is -2.12. The third-order valence-electron chi connectivity index (χ3n) is 5.00. The predicted molar refractivity (Wildman–Crippen MR) is 85.9 cm³/mol. The molecule has 4 atom stereocenters. The summed E-state index contributed by atoms with van der Waals surface area (Å²) in [5.41, 5.74) is 1.04. The molecule has 0 N–H and O–H groups in total. The summed E-state index contributed by atoms with van der Waals surface area (Å²) in [6.07, 6.45) is 6.75. The zero-order valence-electron chi connectivity index (χ0n) is 11.5. The van der Waals surface area contributed by atoms with Crippen molar-refractivity contribution in [3.63, 3.8) is 0 Å². The highest BCUT2D eigenvalue weighted by atomic mass is 79.9. The molecule has 1 aromatic carbocycles. The molecule has 4 heteroatoms. The third-order valence-corrected chi connectivity index (χ3v) is 6.48. The van der Waals surface area contributed by atoms with Gasteiger partial charge < -0.3 is 4.74 Å². The molecule has 2 fully saturated rings. The Labute approximate surface area is 136 Å². The van der Waals surface area contributed by atoms with Gasteiger partial charge in [0.1, 0.15) is 11.6 Å². The number of ether oxygens (including phenoxy) is 1. The van der Waals surface area contributed by atoms with Crippen LogP contribution in [0.15, 0.2) is 16.6 Å². The van der Waals surface area contributed by atoms with Crippen molar-refractivity contribution < 1.29 is 9.13 Å². The SMILES string of the molecule is COc1cc(F)c(Br)cc1C(Br)CC1CC2CCC1C2. The minimum absolute atomic E-state index is 0.235. The molecule has 0 radical (unpaired) electrons. The average Bonchev–Trinajstić information content (AvgIpc) is 3.03.